The summed E-state index contributed by atoms with van der Waals surface area (Å²) in [6.07, 6.45) is 1.64. The Labute approximate surface area is 170 Å². The summed E-state index contributed by atoms with van der Waals surface area (Å²) in [5, 5.41) is 5.41. The standard InChI is InChI=1S/C19H11F3N4O3S/c20-14-2-1-3-15(21)13(14)7-25-10-23-26(19(25)28)12-4-5-17(16(22)6-12)29-18-24-11(8-27)9-30-18/h1-6,8-10H,7H2. The first-order chi connectivity index (χ1) is 14.5. The predicted molar refractivity (Wildman–Crippen MR) is 101 cm³/mol. The van der Waals surface area contributed by atoms with Gasteiger partial charge in [-0.05, 0) is 24.3 Å². The van der Waals surface area contributed by atoms with Gasteiger partial charge in [-0.15, -0.1) is 0 Å². The first-order valence-corrected chi connectivity index (χ1v) is 9.30. The van der Waals surface area contributed by atoms with Crippen LogP contribution in [0.4, 0.5) is 13.2 Å². The van der Waals surface area contributed by atoms with Crippen molar-refractivity contribution in [3.8, 4) is 16.6 Å². The molecule has 152 valence electrons. The van der Waals surface area contributed by atoms with Crippen LogP contribution in [0.3, 0.4) is 0 Å². The maximum atomic E-state index is 14.4. The average Bonchev–Trinajstić information content (AvgIpc) is 3.33. The van der Waals surface area contributed by atoms with Crippen LogP contribution in [-0.4, -0.2) is 25.6 Å². The lowest BCUT2D eigenvalue weighted by Crippen LogP contribution is -2.24. The first-order valence-electron chi connectivity index (χ1n) is 8.42. The van der Waals surface area contributed by atoms with Gasteiger partial charge in [0.1, 0.15) is 23.7 Å². The number of benzene rings is 2. The van der Waals surface area contributed by atoms with Crippen molar-refractivity contribution in [1.29, 1.82) is 0 Å². The summed E-state index contributed by atoms with van der Waals surface area (Å²) >= 11 is 1.02. The van der Waals surface area contributed by atoms with Crippen molar-refractivity contribution in [2.45, 2.75) is 6.54 Å². The number of thiazole rings is 1. The number of ether oxygens (including phenoxy) is 1. The molecule has 0 saturated carbocycles. The number of carbonyl (C=O) groups excluding carboxylic acids is 1. The van der Waals surface area contributed by atoms with E-state index >= 15 is 0 Å². The Morgan fingerprint density at radius 3 is 2.53 bits per heavy atom. The lowest BCUT2D eigenvalue weighted by Gasteiger charge is -2.06. The van der Waals surface area contributed by atoms with Crippen LogP contribution in [0, 0.1) is 17.5 Å². The molecule has 0 spiro atoms. The molecular weight excluding hydrogens is 421 g/mol. The summed E-state index contributed by atoms with van der Waals surface area (Å²) in [5.41, 5.74) is -0.741. The second-order valence-corrected chi connectivity index (χ2v) is 6.85. The minimum absolute atomic E-state index is 0.0807. The summed E-state index contributed by atoms with van der Waals surface area (Å²) in [4.78, 5) is 27.0. The van der Waals surface area contributed by atoms with E-state index in [1.54, 1.807) is 0 Å². The fourth-order valence-corrected chi connectivity index (χ4v) is 3.27. The quantitative estimate of drug-likeness (QED) is 0.436. The van der Waals surface area contributed by atoms with E-state index in [0.29, 0.717) is 6.29 Å². The molecule has 0 aliphatic rings. The number of nitrogens with zero attached hydrogens (tertiary/aromatic N) is 4. The van der Waals surface area contributed by atoms with Gasteiger partial charge in [0, 0.05) is 17.0 Å². The van der Waals surface area contributed by atoms with E-state index in [1.807, 2.05) is 0 Å². The Hall–Kier alpha value is -3.73. The first kappa shape index (κ1) is 19.6. The van der Waals surface area contributed by atoms with Gasteiger partial charge in [0.15, 0.2) is 17.9 Å². The van der Waals surface area contributed by atoms with Gasteiger partial charge < -0.3 is 4.74 Å². The summed E-state index contributed by atoms with van der Waals surface area (Å²) < 4.78 is 49.3. The predicted octanol–water partition coefficient (Wildman–Crippen LogP) is 3.56. The molecule has 0 N–H and O–H groups in total. The summed E-state index contributed by atoms with van der Waals surface area (Å²) in [5.74, 6) is -2.53. The van der Waals surface area contributed by atoms with Gasteiger partial charge in [0.05, 0.1) is 12.2 Å². The summed E-state index contributed by atoms with van der Waals surface area (Å²) in [7, 11) is 0. The highest BCUT2D eigenvalue weighted by Gasteiger charge is 2.15. The maximum absolute atomic E-state index is 14.4. The van der Waals surface area contributed by atoms with Crippen LogP contribution in [0.1, 0.15) is 16.1 Å². The lowest BCUT2D eigenvalue weighted by molar-refractivity contribution is 0.111. The number of halogens is 3. The Morgan fingerprint density at radius 1 is 1.10 bits per heavy atom. The van der Waals surface area contributed by atoms with Gasteiger partial charge in [0.25, 0.3) is 5.19 Å². The molecule has 0 saturated heterocycles. The van der Waals surface area contributed by atoms with Crippen molar-refractivity contribution in [1.82, 2.24) is 19.3 Å². The zero-order chi connectivity index (χ0) is 21.3. The largest absolute Gasteiger partial charge is 0.428 e. The molecule has 4 aromatic rings. The average molecular weight is 432 g/mol. The van der Waals surface area contributed by atoms with Crippen LogP contribution in [0.25, 0.3) is 5.69 Å². The number of aldehydes is 1. The lowest BCUT2D eigenvalue weighted by atomic mass is 10.2. The van der Waals surface area contributed by atoms with E-state index in [0.717, 1.165) is 45.1 Å². The highest BCUT2D eigenvalue weighted by molar-refractivity contribution is 7.11. The van der Waals surface area contributed by atoms with Crippen molar-refractivity contribution in [2.24, 2.45) is 0 Å². The molecule has 2 aromatic carbocycles. The molecule has 0 bridgehead atoms. The van der Waals surface area contributed by atoms with Crippen molar-refractivity contribution in [3.63, 3.8) is 0 Å². The third kappa shape index (κ3) is 3.74. The third-order valence-corrected chi connectivity index (χ3v) is 4.84. The second kappa shape index (κ2) is 7.95. The van der Waals surface area contributed by atoms with Crippen molar-refractivity contribution < 1.29 is 22.7 Å². The number of rotatable bonds is 6. The van der Waals surface area contributed by atoms with Crippen LogP contribution >= 0.6 is 11.3 Å². The highest BCUT2D eigenvalue weighted by atomic mass is 32.1. The zero-order valence-electron chi connectivity index (χ0n) is 15.0. The summed E-state index contributed by atoms with van der Waals surface area (Å²) in [6.45, 7) is -0.371. The minimum atomic E-state index is -0.794. The molecule has 0 unspecified atom stereocenters. The molecular formula is C19H11F3N4O3S. The third-order valence-electron chi connectivity index (χ3n) is 4.10. The normalized spacial score (nSPS) is 10.9. The summed E-state index contributed by atoms with van der Waals surface area (Å²) in [6, 6.07) is 7.07. The Morgan fingerprint density at radius 2 is 1.87 bits per heavy atom. The molecule has 30 heavy (non-hydrogen) atoms. The second-order valence-electron chi connectivity index (χ2n) is 6.03. The molecule has 0 fully saturated rings. The highest BCUT2D eigenvalue weighted by Crippen LogP contribution is 2.28. The minimum Gasteiger partial charge on any atom is -0.428 e. The Balaban J connectivity index is 1.59. The molecule has 0 aliphatic carbocycles. The number of carbonyl (C=O) groups is 1. The molecule has 11 heteroatoms. The van der Waals surface area contributed by atoms with Crippen molar-refractivity contribution in [3.05, 3.63) is 87.3 Å². The SMILES string of the molecule is O=Cc1csc(Oc2ccc(-n3ncn(Cc4c(F)cccc4F)c3=O)cc2F)n1. The van der Waals surface area contributed by atoms with E-state index in [-0.39, 0.29) is 34.4 Å². The Kier molecular flexibility index (Phi) is 5.19. The number of aromatic nitrogens is 4. The molecule has 2 aromatic heterocycles. The van der Waals surface area contributed by atoms with Crippen LogP contribution < -0.4 is 10.4 Å². The fraction of sp³-hybridized carbons (Fsp3) is 0.0526. The monoisotopic (exact) mass is 432 g/mol. The van der Waals surface area contributed by atoms with Crippen molar-refractivity contribution in [2.75, 3.05) is 0 Å². The molecule has 0 atom stereocenters. The van der Waals surface area contributed by atoms with Crippen LogP contribution in [0.2, 0.25) is 0 Å². The van der Waals surface area contributed by atoms with Crippen LogP contribution in [-0.2, 0) is 6.54 Å². The zero-order valence-corrected chi connectivity index (χ0v) is 15.8. The van der Waals surface area contributed by atoms with Gasteiger partial charge >= 0.3 is 5.69 Å². The molecule has 0 aliphatic heterocycles. The molecule has 0 radical (unpaired) electrons. The van der Waals surface area contributed by atoms with Crippen LogP contribution in [0.5, 0.6) is 10.9 Å². The van der Waals surface area contributed by atoms with Gasteiger partial charge in [-0.1, -0.05) is 17.4 Å². The van der Waals surface area contributed by atoms with E-state index in [9.17, 15) is 22.8 Å². The maximum Gasteiger partial charge on any atom is 0.350 e. The molecule has 2 heterocycles. The Bertz CT molecular complexity index is 1280. The van der Waals surface area contributed by atoms with Crippen LogP contribution in [0.15, 0.2) is 52.9 Å². The smallest absolute Gasteiger partial charge is 0.350 e. The van der Waals surface area contributed by atoms with Gasteiger partial charge in [-0.2, -0.15) is 14.8 Å². The van der Waals surface area contributed by atoms with E-state index in [4.69, 9.17) is 4.74 Å². The topological polar surface area (TPSA) is 79.0 Å². The van der Waals surface area contributed by atoms with Gasteiger partial charge in [-0.3, -0.25) is 9.36 Å². The van der Waals surface area contributed by atoms with Crippen molar-refractivity contribution >= 4 is 17.6 Å². The number of hydrogen-bond acceptors (Lipinski definition) is 6. The molecule has 0 amide bonds. The van der Waals surface area contributed by atoms with E-state index in [1.165, 1.54) is 23.6 Å². The van der Waals surface area contributed by atoms with Gasteiger partial charge in [-0.25, -0.2) is 18.0 Å². The molecule has 4 rings (SSSR count). The van der Waals surface area contributed by atoms with E-state index < -0.39 is 23.1 Å². The number of hydrogen-bond donors (Lipinski definition) is 0. The fourth-order valence-electron chi connectivity index (χ4n) is 2.64. The van der Waals surface area contributed by atoms with E-state index in [2.05, 4.69) is 10.1 Å². The van der Waals surface area contributed by atoms with Gasteiger partial charge in [0.2, 0.25) is 0 Å². The molecule has 7 nitrogen and oxygen atoms in total.